The molecule has 0 saturated heterocycles. The fraction of sp³-hybridized carbons (Fsp3) is 0.357. The van der Waals surface area contributed by atoms with Crippen LogP contribution < -0.4 is 4.74 Å². The van der Waals surface area contributed by atoms with Gasteiger partial charge in [0.05, 0.1) is 28.2 Å². The highest BCUT2D eigenvalue weighted by Crippen LogP contribution is 2.35. The van der Waals surface area contributed by atoms with Gasteiger partial charge in [-0.1, -0.05) is 6.92 Å². The number of pyridine rings is 1. The Morgan fingerprint density at radius 3 is 2.36 bits per heavy atom. The number of hydrogen-bond acceptors (Lipinski definition) is 4. The van der Waals surface area contributed by atoms with Crippen LogP contribution in [0.2, 0.25) is 0 Å². The predicted molar refractivity (Wildman–Crippen MR) is 78.2 cm³/mol. The van der Waals surface area contributed by atoms with Crippen molar-refractivity contribution in [1.29, 1.82) is 0 Å². The number of aromatic amines is 1. The van der Waals surface area contributed by atoms with Gasteiger partial charge in [-0.25, -0.2) is 8.42 Å². The topological polar surface area (TPSA) is 72.0 Å². The molecular weight excluding hydrogens is 371 g/mol. The van der Waals surface area contributed by atoms with E-state index in [2.05, 4.69) is 14.7 Å². The predicted octanol–water partition coefficient (Wildman–Crippen LogP) is 3.45. The molecule has 0 aliphatic carbocycles. The molecule has 0 saturated carbocycles. The SMILES string of the molecule is CCS(=O)(=O)c1cc[nH]c1-c1ccc(OCC(F)(F)C(F)(F)F)cn1. The molecule has 2 aromatic heterocycles. The van der Waals surface area contributed by atoms with Gasteiger partial charge < -0.3 is 9.72 Å². The van der Waals surface area contributed by atoms with Gasteiger partial charge in [0.2, 0.25) is 0 Å². The van der Waals surface area contributed by atoms with Gasteiger partial charge in [-0.05, 0) is 18.2 Å². The van der Waals surface area contributed by atoms with Crippen LogP contribution >= 0.6 is 0 Å². The Bertz CT molecular complexity index is 829. The number of H-pyrrole nitrogens is 1. The minimum absolute atomic E-state index is 0.0137. The van der Waals surface area contributed by atoms with E-state index in [-0.39, 0.29) is 27.8 Å². The summed E-state index contributed by atoms with van der Waals surface area (Å²) in [5.74, 6) is -5.43. The van der Waals surface area contributed by atoms with Gasteiger partial charge in [-0.2, -0.15) is 22.0 Å². The molecule has 0 radical (unpaired) electrons. The summed E-state index contributed by atoms with van der Waals surface area (Å²) < 4.78 is 90.2. The van der Waals surface area contributed by atoms with Crippen molar-refractivity contribution < 1.29 is 35.1 Å². The van der Waals surface area contributed by atoms with E-state index in [0.717, 1.165) is 12.3 Å². The number of rotatable bonds is 6. The maximum atomic E-state index is 12.8. The molecule has 138 valence electrons. The number of hydrogen-bond donors (Lipinski definition) is 1. The number of aromatic nitrogens is 2. The maximum absolute atomic E-state index is 12.8. The number of alkyl halides is 5. The lowest BCUT2D eigenvalue weighted by molar-refractivity contribution is -0.290. The van der Waals surface area contributed by atoms with E-state index >= 15 is 0 Å². The van der Waals surface area contributed by atoms with Gasteiger partial charge in [0.15, 0.2) is 16.4 Å². The molecule has 0 aromatic carbocycles. The van der Waals surface area contributed by atoms with Crippen LogP contribution in [0.3, 0.4) is 0 Å². The molecule has 2 rings (SSSR count). The molecule has 25 heavy (non-hydrogen) atoms. The maximum Gasteiger partial charge on any atom is 0.456 e. The molecule has 0 fully saturated rings. The first kappa shape index (κ1) is 19.2. The van der Waals surface area contributed by atoms with E-state index in [0.29, 0.717) is 0 Å². The van der Waals surface area contributed by atoms with E-state index in [1.165, 1.54) is 25.3 Å². The summed E-state index contributed by atoms with van der Waals surface area (Å²) in [6.07, 6.45) is -3.38. The summed E-state index contributed by atoms with van der Waals surface area (Å²) >= 11 is 0. The fourth-order valence-electron chi connectivity index (χ4n) is 1.84. The minimum Gasteiger partial charge on any atom is -0.485 e. The Balaban J connectivity index is 2.18. The molecule has 2 heterocycles. The standard InChI is InChI=1S/C14H13F5N2O3S/c1-2-25(22,23)11-5-6-20-12(11)10-4-3-9(7-21-10)24-8-13(15,16)14(17,18)19/h3-7,20H,2,8H2,1H3. The molecule has 0 aliphatic heterocycles. The molecule has 0 amide bonds. The van der Waals surface area contributed by atoms with Crippen molar-refractivity contribution in [2.24, 2.45) is 0 Å². The van der Waals surface area contributed by atoms with Crippen molar-refractivity contribution in [3.05, 3.63) is 30.6 Å². The van der Waals surface area contributed by atoms with Gasteiger partial charge in [-0.15, -0.1) is 0 Å². The Kier molecular flexibility index (Phi) is 5.07. The minimum atomic E-state index is -5.71. The van der Waals surface area contributed by atoms with Crippen LogP contribution in [0.15, 0.2) is 35.5 Å². The summed E-state index contributed by atoms with van der Waals surface area (Å²) in [4.78, 5) is 6.57. The Labute approximate surface area is 139 Å². The fourth-order valence-corrected chi connectivity index (χ4v) is 2.90. The lowest BCUT2D eigenvalue weighted by Crippen LogP contribution is -2.41. The number of sulfone groups is 1. The van der Waals surface area contributed by atoms with Crippen LogP contribution in [0.5, 0.6) is 5.75 Å². The molecular formula is C14H13F5N2O3S. The molecule has 11 heteroatoms. The van der Waals surface area contributed by atoms with Gasteiger partial charge in [-0.3, -0.25) is 4.98 Å². The molecule has 0 spiro atoms. The molecule has 5 nitrogen and oxygen atoms in total. The van der Waals surface area contributed by atoms with Gasteiger partial charge in [0, 0.05) is 6.20 Å². The number of ether oxygens (including phenoxy) is 1. The smallest absolute Gasteiger partial charge is 0.456 e. The normalized spacial score (nSPS) is 13.0. The molecule has 0 aliphatic rings. The number of nitrogens with zero attached hydrogens (tertiary/aromatic N) is 1. The molecule has 0 unspecified atom stereocenters. The lowest BCUT2D eigenvalue weighted by atomic mass is 10.2. The van der Waals surface area contributed by atoms with Crippen LogP contribution in [-0.4, -0.2) is 42.8 Å². The average Bonchev–Trinajstić information content (AvgIpc) is 3.03. The summed E-state index contributed by atoms with van der Waals surface area (Å²) in [6.45, 7) is -0.410. The third-order valence-corrected chi connectivity index (χ3v) is 5.02. The first-order valence-electron chi connectivity index (χ1n) is 6.92. The third-order valence-electron chi connectivity index (χ3n) is 3.25. The van der Waals surface area contributed by atoms with Gasteiger partial charge in [0.25, 0.3) is 0 Å². The van der Waals surface area contributed by atoms with E-state index < -0.39 is 28.5 Å². The number of nitrogens with one attached hydrogen (secondary N) is 1. The highest BCUT2D eigenvalue weighted by molar-refractivity contribution is 7.91. The summed E-state index contributed by atoms with van der Waals surface area (Å²) in [5.41, 5.74) is 0.362. The van der Waals surface area contributed by atoms with Crippen molar-refractivity contribution in [3.63, 3.8) is 0 Å². The van der Waals surface area contributed by atoms with Crippen molar-refractivity contribution in [3.8, 4) is 17.1 Å². The zero-order valence-corrected chi connectivity index (χ0v) is 13.6. The number of halogens is 5. The van der Waals surface area contributed by atoms with Crippen molar-refractivity contribution in [1.82, 2.24) is 9.97 Å². The molecule has 0 atom stereocenters. The summed E-state index contributed by atoms with van der Waals surface area (Å²) in [6, 6.07) is 3.73. The largest absolute Gasteiger partial charge is 0.485 e. The molecule has 1 N–H and O–H groups in total. The monoisotopic (exact) mass is 384 g/mol. The zero-order chi connectivity index (χ0) is 18.9. The van der Waals surface area contributed by atoms with E-state index in [1.54, 1.807) is 0 Å². The first-order chi connectivity index (χ1) is 11.5. The summed E-state index contributed by atoms with van der Waals surface area (Å²) in [7, 11) is -3.52. The van der Waals surface area contributed by atoms with Crippen LogP contribution in [0, 0.1) is 0 Å². The zero-order valence-electron chi connectivity index (χ0n) is 12.8. The van der Waals surface area contributed by atoms with Crippen molar-refractivity contribution in [2.45, 2.75) is 23.9 Å². The second-order valence-electron chi connectivity index (χ2n) is 4.99. The average molecular weight is 384 g/mol. The highest BCUT2D eigenvalue weighted by atomic mass is 32.2. The van der Waals surface area contributed by atoms with E-state index in [9.17, 15) is 30.4 Å². The summed E-state index contributed by atoms with van der Waals surface area (Å²) in [5, 5.41) is 0. The van der Waals surface area contributed by atoms with Gasteiger partial charge in [0.1, 0.15) is 5.75 Å². The van der Waals surface area contributed by atoms with Crippen LogP contribution in [0.25, 0.3) is 11.4 Å². The first-order valence-corrected chi connectivity index (χ1v) is 8.57. The van der Waals surface area contributed by atoms with Crippen molar-refractivity contribution >= 4 is 9.84 Å². The lowest BCUT2D eigenvalue weighted by Gasteiger charge is -2.19. The molecule has 0 bridgehead atoms. The molecule has 2 aromatic rings. The van der Waals surface area contributed by atoms with E-state index in [4.69, 9.17) is 0 Å². The van der Waals surface area contributed by atoms with Gasteiger partial charge >= 0.3 is 12.1 Å². The van der Waals surface area contributed by atoms with Crippen molar-refractivity contribution in [2.75, 3.05) is 12.4 Å². The van der Waals surface area contributed by atoms with Crippen LogP contribution in [0.1, 0.15) is 6.92 Å². The van der Waals surface area contributed by atoms with E-state index in [1.807, 2.05) is 0 Å². The van der Waals surface area contributed by atoms with Crippen LogP contribution in [0.4, 0.5) is 22.0 Å². The second kappa shape index (κ2) is 6.62. The van der Waals surface area contributed by atoms with Crippen LogP contribution in [-0.2, 0) is 9.84 Å². The Morgan fingerprint density at radius 2 is 1.84 bits per heavy atom. The highest BCUT2D eigenvalue weighted by Gasteiger charge is 2.58. The Morgan fingerprint density at radius 1 is 1.16 bits per heavy atom. The quantitative estimate of drug-likeness (QED) is 0.775. The third kappa shape index (κ3) is 4.09. The Hall–Kier alpha value is -2.17. The second-order valence-corrected chi connectivity index (χ2v) is 7.24.